The van der Waals surface area contributed by atoms with E-state index in [0.717, 1.165) is 31.2 Å². The van der Waals surface area contributed by atoms with Crippen LogP contribution in [0.2, 0.25) is 0 Å². The normalized spacial score (nSPS) is 16.2. The van der Waals surface area contributed by atoms with E-state index in [4.69, 9.17) is 14.2 Å². The summed E-state index contributed by atoms with van der Waals surface area (Å²) in [6.07, 6.45) is 4.37. The fourth-order valence-electron chi connectivity index (χ4n) is 4.87. The topological polar surface area (TPSA) is 85.3 Å². The van der Waals surface area contributed by atoms with Crippen molar-refractivity contribution in [3.63, 3.8) is 0 Å². The zero-order valence-electron chi connectivity index (χ0n) is 24.1. The van der Waals surface area contributed by atoms with Crippen molar-refractivity contribution in [2.24, 2.45) is 0 Å². The number of methoxy groups -OCH3 is 1. The Morgan fingerprint density at radius 2 is 1.59 bits per heavy atom. The predicted octanol–water partition coefficient (Wildman–Crippen LogP) is 6.72. The minimum absolute atomic E-state index is 0.0375. The summed E-state index contributed by atoms with van der Waals surface area (Å²) in [4.78, 5) is 28.5. The number of aliphatic hydroxyl groups excluding tert-OH is 1. The third kappa shape index (κ3) is 7.09. The van der Waals surface area contributed by atoms with Crippen LogP contribution in [0, 0.1) is 0 Å². The van der Waals surface area contributed by atoms with Crippen LogP contribution in [0.4, 0.5) is 0 Å². The Balaban J connectivity index is 1.76. The van der Waals surface area contributed by atoms with E-state index in [1.165, 1.54) is 4.90 Å². The fraction of sp³-hybridized carbons (Fsp3) is 0.353. The molecule has 7 nitrogen and oxygen atoms in total. The highest BCUT2D eigenvalue weighted by atomic mass is 16.5. The number of aliphatic hydroxyl groups is 1. The molecule has 0 bridgehead atoms. The largest absolute Gasteiger partial charge is 0.507 e. The van der Waals surface area contributed by atoms with Crippen LogP contribution in [0.1, 0.15) is 62.3 Å². The van der Waals surface area contributed by atoms with Crippen molar-refractivity contribution in [3.05, 3.63) is 95.1 Å². The molecule has 1 saturated heterocycles. The second-order valence-electron chi connectivity index (χ2n) is 10.1. The highest BCUT2D eigenvalue weighted by Gasteiger charge is 2.46. The van der Waals surface area contributed by atoms with E-state index < -0.39 is 17.7 Å². The van der Waals surface area contributed by atoms with E-state index in [1.54, 1.807) is 37.4 Å². The summed E-state index contributed by atoms with van der Waals surface area (Å²) in [7, 11) is 1.56. The van der Waals surface area contributed by atoms with Gasteiger partial charge in [0.2, 0.25) is 0 Å². The van der Waals surface area contributed by atoms with Crippen LogP contribution < -0.4 is 14.2 Å². The highest BCUT2D eigenvalue weighted by Crippen LogP contribution is 2.42. The van der Waals surface area contributed by atoms with Gasteiger partial charge in [0.15, 0.2) is 11.5 Å². The molecule has 7 heteroatoms. The molecule has 1 aliphatic rings. The number of ether oxygens (including phenoxy) is 3. The maximum Gasteiger partial charge on any atom is 0.295 e. The smallest absolute Gasteiger partial charge is 0.295 e. The van der Waals surface area contributed by atoms with E-state index in [2.05, 4.69) is 13.8 Å². The average Bonchev–Trinajstić information content (AvgIpc) is 3.25. The number of ketones is 1. The van der Waals surface area contributed by atoms with E-state index in [0.29, 0.717) is 54.6 Å². The lowest BCUT2D eigenvalue weighted by atomic mass is 9.94. The van der Waals surface area contributed by atoms with Gasteiger partial charge >= 0.3 is 0 Å². The Hall–Kier alpha value is -4.26. The quantitative estimate of drug-likeness (QED) is 0.103. The maximum atomic E-state index is 13.5. The number of amides is 1. The average molecular weight is 558 g/mol. The number of hydrogen-bond acceptors (Lipinski definition) is 6. The number of unbranched alkanes of at least 4 members (excludes halogenated alkanes) is 2. The molecule has 3 aromatic carbocycles. The van der Waals surface area contributed by atoms with Gasteiger partial charge in [-0.1, -0.05) is 75.2 Å². The van der Waals surface area contributed by atoms with Crippen molar-refractivity contribution >= 4 is 17.4 Å². The van der Waals surface area contributed by atoms with Gasteiger partial charge in [-0.15, -0.1) is 0 Å². The summed E-state index contributed by atoms with van der Waals surface area (Å²) in [5.74, 6) is 0.0676. The molecular weight excluding hydrogens is 518 g/mol. The van der Waals surface area contributed by atoms with E-state index in [1.807, 2.05) is 42.5 Å². The maximum absolute atomic E-state index is 13.5. The second-order valence-corrected chi connectivity index (χ2v) is 10.1. The van der Waals surface area contributed by atoms with Crippen LogP contribution in [0.3, 0.4) is 0 Å². The third-order valence-corrected chi connectivity index (χ3v) is 7.16. The molecule has 1 N–H and O–H groups in total. The molecule has 0 spiro atoms. The molecule has 4 rings (SSSR count). The summed E-state index contributed by atoms with van der Waals surface area (Å²) < 4.78 is 17.4. The lowest BCUT2D eigenvalue weighted by Gasteiger charge is -2.26. The van der Waals surface area contributed by atoms with Gasteiger partial charge in [0.1, 0.15) is 11.5 Å². The zero-order valence-corrected chi connectivity index (χ0v) is 24.1. The van der Waals surface area contributed by atoms with Crippen molar-refractivity contribution in [2.75, 3.05) is 26.9 Å². The zero-order chi connectivity index (χ0) is 29.2. The highest BCUT2D eigenvalue weighted by molar-refractivity contribution is 6.46. The Morgan fingerprint density at radius 3 is 2.29 bits per heavy atom. The van der Waals surface area contributed by atoms with Gasteiger partial charge in [0.25, 0.3) is 11.7 Å². The molecule has 1 unspecified atom stereocenters. The number of Topliss-reactive ketones (excluding diaryl/α,β-unsaturated/α-hetero) is 1. The van der Waals surface area contributed by atoms with Crippen LogP contribution in [-0.4, -0.2) is 48.6 Å². The molecule has 1 fully saturated rings. The van der Waals surface area contributed by atoms with Crippen molar-refractivity contribution < 1.29 is 28.9 Å². The Labute approximate surface area is 242 Å². The first-order valence-corrected chi connectivity index (χ1v) is 14.3. The Morgan fingerprint density at radius 1 is 0.854 bits per heavy atom. The minimum atomic E-state index is -0.804. The minimum Gasteiger partial charge on any atom is -0.507 e. The summed E-state index contributed by atoms with van der Waals surface area (Å²) in [6.45, 7) is 5.58. The number of carbonyl (C=O) groups is 2. The monoisotopic (exact) mass is 557 g/mol. The lowest BCUT2D eigenvalue weighted by molar-refractivity contribution is -0.139. The van der Waals surface area contributed by atoms with Crippen molar-refractivity contribution in [1.82, 2.24) is 4.90 Å². The number of carbonyl (C=O) groups excluding carboxylic acids is 2. The number of nitrogens with zero attached hydrogens (tertiary/aromatic N) is 1. The van der Waals surface area contributed by atoms with Gasteiger partial charge in [0.05, 0.1) is 31.9 Å². The number of likely N-dealkylation sites (tertiary alicyclic amines) is 1. The first kappa shape index (κ1) is 29.7. The number of benzene rings is 3. The number of rotatable bonds is 14. The van der Waals surface area contributed by atoms with Crippen LogP contribution in [0.15, 0.2) is 78.4 Å². The molecule has 0 radical (unpaired) electrons. The SMILES string of the molecule is CCCCOc1cccc(C(O)=C2C(=O)C(=O)N(CCc3ccccc3)C2c2ccc(OCCCC)c(OC)c2)c1. The summed E-state index contributed by atoms with van der Waals surface area (Å²) in [6, 6.07) is 21.4. The van der Waals surface area contributed by atoms with E-state index in [9.17, 15) is 14.7 Å². The van der Waals surface area contributed by atoms with Gasteiger partial charge < -0.3 is 24.2 Å². The van der Waals surface area contributed by atoms with Gasteiger partial charge in [-0.3, -0.25) is 9.59 Å². The molecule has 1 heterocycles. The van der Waals surface area contributed by atoms with Gasteiger partial charge in [0, 0.05) is 12.1 Å². The molecule has 1 amide bonds. The molecule has 0 aromatic heterocycles. The molecule has 1 atom stereocenters. The van der Waals surface area contributed by atoms with Crippen LogP contribution in [0.5, 0.6) is 17.2 Å². The van der Waals surface area contributed by atoms with E-state index >= 15 is 0 Å². The Bertz CT molecular complexity index is 1370. The summed E-state index contributed by atoms with van der Waals surface area (Å²) in [5.41, 5.74) is 2.14. The van der Waals surface area contributed by atoms with Crippen LogP contribution >= 0.6 is 0 Å². The molecule has 41 heavy (non-hydrogen) atoms. The molecule has 1 aliphatic heterocycles. The van der Waals surface area contributed by atoms with Crippen LogP contribution in [0.25, 0.3) is 5.76 Å². The van der Waals surface area contributed by atoms with Crippen molar-refractivity contribution in [3.8, 4) is 17.2 Å². The number of hydrogen-bond donors (Lipinski definition) is 1. The van der Waals surface area contributed by atoms with Crippen LogP contribution in [-0.2, 0) is 16.0 Å². The van der Waals surface area contributed by atoms with Crippen molar-refractivity contribution in [2.45, 2.75) is 52.0 Å². The first-order valence-electron chi connectivity index (χ1n) is 14.3. The molecule has 0 aliphatic carbocycles. The standard InChI is InChI=1S/C34H39NO6/c1-4-6-20-40-27-15-11-14-26(22-27)32(36)30-31(25-16-17-28(29(23-25)39-3)41-21-7-5-2)35(34(38)33(30)37)19-18-24-12-9-8-10-13-24/h8-17,22-23,31,36H,4-7,18-21H2,1-3H3. The summed E-state index contributed by atoms with van der Waals surface area (Å²) >= 11 is 0. The Kier molecular flexibility index (Phi) is 10.4. The molecule has 0 saturated carbocycles. The van der Waals surface area contributed by atoms with Crippen molar-refractivity contribution in [1.29, 1.82) is 0 Å². The fourth-order valence-corrected chi connectivity index (χ4v) is 4.87. The van der Waals surface area contributed by atoms with Gasteiger partial charge in [-0.2, -0.15) is 0 Å². The molecular formula is C34H39NO6. The molecule has 216 valence electrons. The predicted molar refractivity (Wildman–Crippen MR) is 159 cm³/mol. The third-order valence-electron chi connectivity index (χ3n) is 7.16. The first-order chi connectivity index (χ1) is 20.0. The van der Waals surface area contributed by atoms with Gasteiger partial charge in [-0.25, -0.2) is 0 Å². The molecule has 3 aromatic rings. The lowest BCUT2D eigenvalue weighted by Crippen LogP contribution is -2.31. The summed E-state index contributed by atoms with van der Waals surface area (Å²) in [5, 5.41) is 11.5. The van der Waals surface area contributed by atoms with Gasteiger partial charge in [-0.05, 0) is 54.7 Å². The second kappa shape index (κ2) is 14.4. The van der Waals surface area contributed by atoms with E-state index in [-0.39, 0.29) is 11.3 Å².